The zero-order valence-electron chi connectivity index (χ0n) is 26.9. The molecular weight excluding hydrogens is 554 g/mol. The summed E-state index contributed by atoms with van der Waals surface area (Å²) in [6, 6.07) is 8.48. The first-order chi connectivity index (χ1) is 21.5. The van der Waals surface area contributed by atoms with Crippen molar-refractivity contribution in [2.24, 2.45) is 11.8 Å². The summed E-state index contributed by atoms with van der Waals surface area (Å²) in [5.41, 5.74) is 2.27. The maximum Gasteiger partial charge on any atom is 0.337 e. The van der Waals surface area contributed by atoms with Crippen LogP contribution in [0, 0.1) is 11.8 Å². The zero-order valence-corrected chi connectivity index (χ0v) is 26.9. The van der Waals surface area contributed by atoms with Crippen LogP contribution in [0.15, 0.2) is 54.8 Å². The molecule has 9 heteroatoms. The number of methoxy groups -OCH3 is 2. The molecular formula is C35H51N5O4. The first-order valence-electron chi connectivity index (χ1n) is 16.7. The summed E-state index contributed by atoms with van der Waals surface area (Å²) in [6.07, 6.45) is 16.6. The van der Waals surface area contributed by atoms with Crippen LogP contribution in [0.4, 0.5) is 5.69 Å². The molecule has 4 heterocycles. The van der Waals surface area contributed by atoms with Gasteiger partial charge in [0.2, 0.25) is 5.91 Å². The van der Waals surface area contributed by atoms with Crippen molar-refractivity contribution in [1.82, 2.24) is 19.8 Å². The van der Waals surface area contributed by atoms with E-state index in [1.165, 1.54) is 31.9 Å². The van der Waals surface area contributed by atoms with Gasteiger partial charge in [0.25, 0.3) is 0 Å². The van der Waals surface area contributed by atoms with E-state index in [9.17, 15) is 9.59 Å². The highest BCUT2D eigenvalue weighted by molar-refractivity contribution is 6.09. The van der Waals surface area contributed by atoms with E-state index in [0.29, 0.717) is 11.5 Å². The number of piperidine rings is 1. The minimum absolute atomic E-state index is 0.0104. The van der Waals surface area contributed by atoms with E-state index in [1.807, 2.05) is 18.7 Å². The second-order valence-electron chi connectivity index (χ2n) is 12.7. The van der Waals surface area contributed by atoms with Crippen molar-refractivity contribution < 1.29 is 19.1 Å². The molecule has 44 heavy (non-hydrogen) atoms. The Labute approximate surface area is 263 Å². The van der Waals surface area contributed by atoms with Gasteiger partial charge in [0.15, 0.2) is 0 Å². The molecule has 9 nitrogen and oxygen atoms in total. The predicted molar refractivity (Wildman–Crippen MR) is 172 cm³/mol. The molecule has 2 fully saturated rings. The van der Waals surface area contributed by atoms with E-state index in [4.69, 9.17) is 9.47 Å². The van der Waals surface area contributed by atoms with Gasteiger partial charge in [-0.1, -0.05) is 50.8 Å². The summed E-state index contributed by atoms with van der Waals surface area (Å²) in [5.74, 6) is 0.207. The van der Waals surface area contributed by atoms with Gasteiger partial charge in [-0.15, -0.1) is 0 Å². The Hall–Kier alpha value is -3.17. The number of unbranched alkanes of at least 4 members (excludes halogenated alkanes) is 4. The average molecular weight is 606 g/mol. The van der Waals surface area contributed by atoms with E-state index in [-0.39, 0.29) is 23.8 Å². The van der Waals surface area contributed by atoms with Crippen molar-refractivity contribution in [2.45, 2.75) is 82.7 Å². The molecule has 5 rings (SSSR count). The lowest BCUT2D eigenvalue weighted by Crippen LogP contribution is -2.55. The summed E-state index contributed by atoms with van der Waals surface area (Å²) in [6.45, 7) is 7.81. The number of carbonyl (C=O) groups excluding carboxylic acids is 2. The molecule has 0 unspecified atom stereocenters. The van der Waals surface area contributed by atoms with Gasteiger partial charge in [-0.25, -0.2) is 9.78 Å². The quantitative estimate of drug-likeness (QED) is 0.126. The first kappa shape index (κ1) is 32.2. The Balaban J connectivity index is 1.16. The molecule has 240 valence electrons. The number of para-hydroxylation sites is 1. The van der Waals surface area contributed by atoms with E-state index in [0.717, 1.165) is 83.5 Å². The van der Waals surface area contributed by atoms with Gasteiger partial charge < -0.3 is 24.3 Å². The van der Waals surface area contributed by atoms with Gasteiger partial charge in [-0.2, -0.15) is 0 Å². The standard InChI is InChI=1S/C35H51N5O4/c1-4-27-24-39-21-15-35(32(39)23-28(27)29(25-43-2)33(41)44-3)30-13-8-9-14-31(30)40(34(35)42)20-11-7-5-6-10-16-36-17-12-19-38-22-18-37-26-38/h8-9,13-14,18,22,25-28,32,36H,4-7,10-12,15-17,19-21,23-24H2,1-3H3/b29-25+/t27-,28-,32-,35+/m0/s1. The SMILES string of the molecule is CC[C@H]1CN2CC[C@]3(C(=O)N(CCCCCCCNCCCn4ccnc4)c4ccccc43)[C@@H]2C[C@@H]1/C(=C\OC)C(=O)OC. The van der Waals surface area contributed by atoms with Crippen molar-refractivity contribution >= 4 is 17.6 Å². The fourth-order valence-corrected chi connectivity index (χ4v) is 8.03. The summed E-state index contributed by atoms with van der Waals surface area (Å²) < 4.78 is 12.6. The molecule has 3 aliphatic rings. The highest BCUT2D eigenvalue weighted by Gasteiger charge is 2.62. The number of nitrogens with zero attached hydrogens (tertiary/aromatic N) is 4. The van der Waals surface area contributed by atoms with Crippen molar-refractivity contribution in [2.75, 3.05) is 51.8 Å². The number of imidazole rings is 1. The Morgan fingerprint density at radius 3 is 2.66 bits per heavy atom. The number of esters is 1. The van der Waals surface area contributed by atoms with Crippen molar-refractivity contribution in [3.05, 3.63) is 60.4 Å². The van der Waals surface area contributed by atoms with E-state index >= 15 is 0 Å². The topological polar surface area (TPSA) is 88.9 Å². The minimum Gasteiger partial charge on any atom is -0.504 e. The Morgan fingerprint density at radius 2 is 1.89 bits per heavy atom. The molecule has 0 radical (unpaired) electrons. The van der Waals surface area contributed by atoms with Crippen LogP contribution in [-0.2, 0) is 31.0 Å². The molecule has 1 spiro atoms. The third kappa shape index (κ3) is 6.59. The number of aromatic nitrogens is 2. The number of benzene rings is 1. The monoisotopic (exact) mass is 605 g/mol. The van der Waals surface area contributed by atoms with Crippen LogP contribution in [0.3, 0.4) is 0 Å². The maximum atomic E-state index is 14.5. The van der Waals surface area contributed by atoms with Gasteiger partial charge in [0, 0.05) is 43.8 Å². The number of anilines is 1. The van der Waals surface area contributed by atoms with E-state index < -0.39 is 5.41 Å². The maximum absolute atomic E-state index is 14.5. The Morgan fingerprint density at radius 1 is 1.09 bits per heavy atom. The number of nitrogens with one attached hydrogen (secondary N) is 1. The number of hydrogen-bond acceptors (Lipinski definition) is 7. The van der Waals surface area contributed by atoms with Gasteiger partial charge in [0.05, 0.1) is 37.8 Å². The van der Waals surface area contributed by atoms with Crippen LogP contribution in [0.5, 0.6) is 0 Å². The largest absolute Gasteiger partial charge is 0.504 e. The normalized spacial score (nSPS) is 25.0. The molecule has 3 aliphatic heterocycles. The molecule has 0 bridgehead atoms. The summed E-state index contributed by atoms with van der Waals surface area (Å²) in [4.78, 5) is 36.0. The van der Waals surface area contributed by atoms with Gasteiger partial charge >= 0.3 is 5.97 Å². The molecule has 2 aromatic rings. The first-order valence-corrected chi connectivity index (χ1v) is 16.7. The van der Waals surface area contributed by atoms with Crippen LogP contribution >= 0.6 is 0 Å². The van der Waals surface area contributed by atoms with Crippen LogP contribution in [0.25, 0.3) is 0 Å². The smallest absolute Gasteiger partial charge is 0.337 e. The van der Waals surface area contributed by atoms with Crippen LogP contribution in [0.1, 0.15) is 70.3 Å². The van der Waals surface area contributed by atoms with Gasteiger partial charge in [-0.05, 0) is 75.2 Å². The van der Waals surface area contributed by atoms with Gasteiger partial charge in [-0.3, -0.25) is 9.69 Å². The molecule has 2 saturated heterocycles. The van der Waals surface area contributed by atoms with Crippen molar-refractivity contribution in [3.63, 3.8) is 0 Å². The lowest BCUT2D eigenvalue weighted by atomic mass is 9.67. The molecule has 1 aromatic carbocycles. The second-order valence-corrected chi connectivity index (χ2v) is 12.7. The number of aryl methyl sites for hydroxylation is 1. The number of fused-ring (bicyclic) bond motifs is 4. The van der Waals surface area contributed by atoms with Crippen molar-refractivity contribution in [3.8, 4) is 0 Å². The number of rotatable bonds is 16. The summed E-state index contributed by atoms with van der Waals surface area (Å²) >= 11 is 0. The highest BCUT2D eigenvalue weighted by atomic mass is 16.5. The number of hydrogen-bond donors (Lipinski definition) is 1. The predicted octanol–water partition coefficient (Wildman–Crippen LogP) is 4.92. The summed E-state index contributed by atoms with van der Waals surface area (Å²) in [5, 5.41) is 3.56. The fourth-order valence-electron chi connectivity index (χ4n) is 8.03. The molecule has 1 N–H and O–H groups in total. The Kier molecular flexibility index (Phi) is 11.1. The van der Waals surface area contributed by atoms with Crippen LogP contribution < -0.4 is 10.2 Å². The fraction of sp³-hybridized carbons (Fsp3) is 0.629. The number of ether oxygens (including phenoxy) is 2. The van der Waals surface area contributed by atoms with Crippen LogP contribution in [-0.4, -0.2) is 79.3 Å². The van der Waals surface area contributed by atoms with E-state index in [2.05, 4.69) is 55.9 Å². The zero-order chi connectivity index (χ0) is 30.9. The molecule has 1 amide bonds. The van der Waals surface area contributed by atoms with Crippen LogP contribution in [0.2, 0.25) is 0 Å². The van der Waals surface area contributed by atoms with Gasteiger partial charge in [0.1, 0.15) is 0 Å². The minimum atomic E-state index is -0.564. The lowest BCUT2D eigenvalue weighted by Gasteiger charge is -2.45. The third-order valence-corrected chi connectivity index (χ3v) is 10.3. The second kappa shape index (κ2) is 15.2. The molecule has 4 atom stereocenters. The Bertz CT molecular complexity index is 1260. The lowest BCUT2D eigenvalue weighted by molar-refractivity contribution is -0.137. The molecule has 0 aliphatic carbocycles. The number of carbonyl (C=O) groups is 2. The molecule has 1 aromatic heterocycles. The number of amides is 1. The van der Waals surface area contributed by atoms with Crippen molar-refractivity contribution in [1.29, 1.82) is 0 Å². The third-order valence-electron chi connectivity index (χ3n) is 10.3. The molecule has 0 saturated carbocycles. The average Bonchev–Trinajstić information content (AvgIpc) is 3.76. The van der Waals surface area contributed by atoms with E-state index in [1.54, 1.807) is 13.4 Å². The summed E-state index contributed by atoms with van der Waals surface area (Å²) in [7, 11) is 3.00. The highest BCUT2D eigenvalue weighted by Crippen LogP contribution is 2.55.